The lowest BCUT2D eigenvalue weighted by molar-refractivity contribution is -0.139. The first-order valence-electron chi connectivity index (χ1n) is 11.3. The number of carboxylic acid groups (broad SMARTS) is 1. The summed E-state index contributed by atoms with van der Waals surface area (Å²) in [5.41, 5.74) is 3.61. The molecule has 0 spiro atoms. The number of hydrogen-bond donors (Lipinski definition) is 1. The van der Waals surface area contributed by atoms with Gasteiger partial charge in [0, 0.05) is 32.5 Å². The van der Waals surface area contributed by atoms with Gasteiger partial charge < -0.3 is 14.6 Å². The molecule has 4 atom stereocenters. The lowest BCUT2D eigenvalue weighted by atomic mass is 9.74. The van der Waals surface area contributed by atoms with Gasteiger partial charge in [-0.15, -0.1) is 0 Å². The van der Waals surface area contributed by atoms with Crippen molar-refractivity contribution >= 4 is 56.7 Å². The molecule has 0 aromatic heterocycles. The average molecular weight is 611 g/mol. The fourth-order valence-electron chi connectivity index (χ4n) is 4.71. The van der Waals surface area contributed by atoms with Crippen LogP contribution in [0.3, 0.4) is 0 Å². The molecule has 1 aliphatic heterocycles. The molecule has 0 bridgehead atoms. The largest absolute Gasteiger partial charge is 0.480 e. The Hall–Kier alpha value is -2.02. The molecule has 36 heavy (non-hydrogen) atoms. The smallest absolute Gasteiger partial charge is 0.341 e. The molecular formula is C28H24BrCl3O4. The summed E-state index contributed by atoms with van der Waals surface area (Å²) in [6.45, 7) is 5.73. The van der Waals surface area contributed by atoms with Crippen molar-refractivity contribution in [3.63, 3.8) is 0 Å². The van der Waals surface area contributed by atoms with Gasteiger partial charge >= 0.3 is 5.97 Å². The van der Waals surface area contributed by atoms with Crippen LogP contribution in [-0.4, -0.2) is 17.7 Å². The first kappa shape index (κ1) is 27.0. The first-order valence-corrected chi connectivity index (χ1v) is 13.2. The van der Waals surface area contributed by atoms with E-state index in [0.717, 1.165) is 23.1 Å². The van der Waals surface area contributed by atoms with Crippen molar-refractivity contribution in [3.8, 4) is 5.75 Å². The molecule has 1 N–H and O–H groups in total. The lowest BCUT2D eigenvalue weighted by Crippen LogP contribution is -2.32. The molecular weight excluding hydrogens is 587 g/mol. The van der Waals surface area contributed by atoms with E-state index in [0.29, 0.717) is 30.9 Å². The topological polar surface area (TPSA) is 55.8 Å². The third-order valence-electron chi connectivity index (χ3n) is 6.32. The van der Waals surface area contributed by atoms with E-state index in [9.17, 15) is 9.90 Å². The Kier molecular flexibility index (Phi) is 8.69. The van der Waals surface area contributed by atoms with Crippen molar-refractivity contribution in [3.05, 3.63) is 109 Å². The van der Waals surface area contributed by atoms with Crippen LogP contribution in [0.2, 0.25) is 15.1 Å². The van der Waals surface area contributed by atoms with Crippen LogP contribution in [-0.2, 0) is 9.53 Å². The van der Waals surface area contributed by atoms with Crippen molar-refractivity contribution in [1.82, 2.24) is 0 Å². The number of rotatable bonds is 7. The third kappa shape index (κ3) is 6.09. The van der Waals surface area contributed by atoms with E-state index in [1.54, 1.807) is 12.1 Å². The average Bonchev–Trinajstić information content (AvgIpc) is 2.82. The van der Waals surface area contributed by atoms with Crippen LogP contribution in [0, 0.1) is 5.92 Å². The van der Waals surface area contributed by atoms with Gasteiger partial charge in [-0.2, -0.15) is 0 Å². The molecule has 8 heteroatoms. The van der Waals surface area contributed by atoms with Crippen molar-refractivity contribution in [1.29, 1.82) is 0 Å². The molecule has 0 radical (unpaired) electrons. The van der Waals surface area contributed by atoms with Crippen LogP contribution in [0.15, 0.2) is 77.3 Å². The first-order chi connectivity index (χ1) is 17.1. The molecule has 4 rings (SSSR count). The molecule has 3 aromatic rings. The van der Waals surface area contributed by atoms with Crippen LogP contribution in [0.25, 0.3) is 0 Å². The van der Waals surface area contributed by atoms with Crippen molar-refractivity contribution < 1.29 is 19.4 Å². The maximum absolute atomic E-state index is 11.3. The summed E-state index contributed by atoms with van der Waals surface area (Å²) in [5, 5.41) is 11.0. The molecule has 0 saturated carbocycles. The predicted molar refractivity (Wildman–Crippen MR) is 147 cm³/mol. The number of carboxylic acids is 1. The summed E-state index contributed by atoms with van der Waals surface area (Å²) in [6.07, 6.45) is -0.111. The SMILES string of the molecule is C=C(C)[C@H]1C[C@H](c2cccc(Cl)c2)[C@H](c2ccc(Cl)cc2)O[C@@H]1c1cc(Cl)cc(Br)c1OCC(=O)O. The molecule has 1 saturated heterocycles. The standard InChI is InChI=1S/C28H24BrCl3O4/c1-15(2)21-13-22(17-4-3-5-19(31)10-17)26(16-6-8-18(30)9-7-16)36-27(21)23-11-20(32)12-24(29)28(23)35-14-25(33)34/h3-12,21-22,26-27H,1,13-14H2,2H3,(H,33,34)/t21-,22-,26+,27+/m1/s1. The summed E-state index contributed by atoms with van der Waals surface area (Å²) in [6, 6.07) is 18.8. The number of aliphatic carboxylic acids is 1. The summed E-state index contributed by atoms with van der Waals surface area (Å²) in [5.74, 6) is -0.818. The number of ether oxygens (including phenoxy) is 2. The zero-order chi connectivity index (χ0) is 26.0. The predicted octanol–water partition coefficient (Wildman–Crippen LogP) is 9.05. The fourth-order valence-corrected chi connectivity index (χ4v) is 5.98. The fraction of sp³-hybridized carbons (Fsp3) is 0.250. The summed E-state index contributed by atoms with van der Waals surface area (Å²) < 4.78 is 13.1. The van der Waals surface area contributed by atoms with Crippen LogP contribution in [0.1, 0.15) is 48.2 Å². The third-order valence-corrected chi connectivity index (χ3v) is 7.62. The van der Waals surface area contributed by atoms with E-state index in [4.69, 9.17) is 44.3 Å². The zero-order valence-electron chi connectivity index (χ0n) is 19.4. The summed E-state index contributed by atoms with van der Waals surface area (Å²) in [7, 11) is 0. The van der Waals surface area contributed by atoms with Crippen LogP contribution >= 0.6 is 50.7 Å². The van der Waals surface area contributed by atoms with Crippen LogP contribution < -0.4 is 4.74 Å². The zero-order valence-corrected chi connectivity index (χ0v) is 23.2. The van der Waals surface area contributed by atoms with Gasteiger partial charge in [-0.1, -0.05) is 71.2 Å². The van der Waals surface area contributed by atoms with E-state index in [-0.39, 0.29) is 17.9 Å². The Balaban J connectivity index is 1.84. The van der Waals surface area contributed by atoms with Gasteiger partial charge in [-0.3, -0.25) is 0 Å². The van der Waals surface area contributed by atoms with Gasteiger partial charge in [0.15, 0.2) is 6.61 Å². The van der Waals surface area contributed by atoms with Gasteiger partial charge in [0.25, 0.3) is 0 Å². The molecule has 1 fully saturated rings. The van der Waals surface area contributed by atoms with E-state index in [1.807, 2.05) is 49.4 Å². The van der Waals surface area contributed by atoms with Crippen molar-refractivity contribution in [2.24, 2.45) is 5.92 Å². The molecule has 3 aromatic carbocycles. The Morgan fingerprint density at radius 3 is 2.39 bits per heavy atom. The van der Waals surface area contributed by atoms with Gasteiger partial charge in [-0.05, 0) is 76.8 Å². The van der Waals surface area contributed by atoms with Crippen molar-refractivity contribution in [2.45, 2.75) is 31.5 Å². The Morgan fingerprint density at radius 1 is 1.03 bits per heavy atom. The highest BCUT2D eigenvalue weighted by Gasteiger charge is 2.42. The quantitative estimate of drug-likeness (QED) is 0.271. The highest BCUT2D eigenvalue weighted by atomic mass is 79.9. The molecule has 1 aliphatic rings. The number of halogens is 4. The maximum Gasteiger partial charge on any atom is 0.341 e. The van der Waals surface area contributed by atoms with Gasteiger partial charge in [0.1, 0.15) is 5.75 Å². The lowest BCUT2D eigenvalue weighted by Gasteiger charge is -2.43. The Morgan fingerprint density at radius 2 is 1.75 bits per heavy atom. The van der Waals surface area contributed by atoms with E-state index >= 15 is 0 Å². The summed E-state index contributed by atoms with van der Waals surface area (Å²) >= 11 is 22.5. The van der Waals surface area contributed by atoms with Gasteiger partial charge in [0.05, 0.1) is 16.7 Å². The van der Waals surface area contributed by atoms with Crippen molar-refractivity contribution in [2.75, 3.05) is 6.61 Å². The minimum Gasteiger partial charge on any atom is -0.480 e. The van der Waals surface area contributed by atoms with Gasteiger partial charge in [0.2, 0.25) is 0 Å². The molecule has 0 unspecified atom stereocenters. The van der Waals surface area contributed by atoms with Crippen LogP contribution in [0.5, 0.6) is 5.75 Å². The Bertz CT molecular complexity index is 1280. The number of benzene rings is 3. The molecule has 1 heterocycles. The highest BCUT2D eigenvalue weighted by Crippen LogP contribution is 2.54. The maximum atomic E-state index is 11.3. The van der Waals surface area contributed by atoms with Crippen LogP contribution in [0.4, 0.5) is 0 Å². The van der Waals surface area contributed by atoms with E-state index < -0.39 is 18.7 Å². The molecule has 0 amide bonds. The van der Waals surface area contributed by atoms with Gasteiger partial charge in [-0.25, -0.2) is 4.79 Å². The number of carbonyl (C=O) groups is 1. The molecule has 4 nitrogen and oxygen atoms in total. The normalized spacial score (nSPS) is 21.7. The summed E-state index contributed by atoms with van der Waals surface area (Å²) in [4.78, 5) is 11.3. The molecule has 0 aliphatic carbocycles. The Labute approximate surface area is 233 Å². The second-order valence-electron chi connectivity index (χ2n) is 8.87. The van der Waals surface area contributed by atoms with E-state index in [2.05, 4.69) is 28.6 Å². The minimum atomic E-state index is -1.08. The second-order valence-corrected chi connectivity index (χ2v) is 11.0. The highest BCUT2D eigenvalue weighted by molar-refractivity contribution is 9.10. The second kappa shape index (κ2) is 11.6. The monoisotopic (exact) mass is 608 g/mol. The number of hydrogen-bond acceptors (Lipinski definition) is 3. The minimum absolute atomic E-state index is 0.0196. The van der Waals surface area contributed by atoms with E-state index in [1.165, 1.54) is 0 Å². The molecule has 188 valence electrons.